The number of aromatic nitrogens is 4. The van der Waals surface area contributed by atoms with Crippen LogP contribution in [-0.2, 0) is 30.2 Å². The van der Waals surface area contributed by atoms with Crippen LogP contribution in [0.5, 0.6) is 0 Å². The van der Waals surface area contributed by atoms with Crippen molar-refractivity contribution in [1.29, 1.82) is 0 Å². The van der Waals surface area contributed by atoms with Crippen molar-refractivity contribution in [3.8, 4) is 0 Å². The van der Waals surface area contributed by atoms with Crippen molar-refractivity contribution >= 4 is 10.0 Å². The normalized spacial score (nSPS) is 19.2. The number of nitrogens with zero attached hydrogens (tertiary/aromatic N) is 6. The summed E-state index contributed by atoms with van der Waals surface area (Å²) in [6.45, 7) is 5.87. The van der Waals surface area contributed by atoms with Crippen LogP contribution >= 0.6 is 0 Å². The summed E-state index contributed by atoms with van der Waals surface area (Å²) < 4.78 is 31.9. The van der Waals surface area contributed by atoms with Gasteiger partial charge in [0.25, 0.3) is 0 Å². The van der Waals surface area contributed by atoms with E-state index in [2.05, 4.69) is 15.1 Å². The lowest BCUT2D eigenvalue weighted by molar-refractivity contribution is 0.261. The van der Waals surface area contributed by atoms with E-state index in [-0.39, 0.29) is 5.92 Å². The number of sulfonamides is 1. The molecule has 138 valence electrons. The fraction of sp³-hybridized carbons (Fsp3) is 0.625. The third-order valence-corrected chi connectivity index (χ3v) is 6.76. The fourth-order valence-corrected chi connectivity index (χ4v) is 5.45. The molecule has 1 atom stereocenters. The second-order valence-electron chi connectivity index (χ2n) is 7.05. The minimum atomic E-state index is -3.62. The second-order valence-corrected chi connectivity index (χ2v) is 8.93. The average molecular weight is 366 g/mol. The highest BCUT2D eigenvalue weighted by atomic mass is 32.2. The highest BCUT2D eigenvalue weighted by Gasteiger charge is 2.34. The van der Waals surface area contributed by atoms with E-state index in [4.69, 9.17) is 0 Å². The first-order valence-corrected chi connectivity index (χ1v) is 9.80. The van der Waals surface area contributed by atoms with E-state index in [0.29, 0.717) is 29.4 Å². The number of fused-ring (bicyclic) bond motifs is 1. The van der Waals surface area contributed by atoms with Crippen molar-refractivity contribution in [3.63, 3.8) is 0 Å². The Hall–Kier alpha value is -1.71. The first-order chi connectivity index (χ1) is 11.7. The van der Waals surface area contributed by atoms with Gasteiger partial charge in [0.2, 0.25) is 10.0 Å². The first-order valence-electron chi connectivity index (χ1n) is 8.36. The van der Waals surface area contributed by atoms with Crippen LogP contribution in [0.1, 0.15) is 17.1 Å². The molecule has 0 unspecified atom stereocenters. The summed E-state index contributed by atoms with van der Waals surface area (Å²) in [6, 6.07) is 1.89. The van der Waals surface area contributed by atoms with Gasteiger partial charge in [0.05, 0.1) is 23.6 Å². The highest BCUT2D eigenvalue weighted by molar-refractivity contribution is 7.89. The fourth-order valence-electron chi connectivity index (χ4n) is 3.57. The molecule has 0 amide bonds. The molecule has 0 spiro atoms. The van der Waals surface area contributed by atoms with Crippen LogP contribution in [0.2, 0.25) is 0 Å². The van der Waals surface area contributed by atoms with E-state index in [9.17, 15) is 8.42 Å². The summed E-state index contributed by atoms with van der Waals surface area (Å²) in [5.41, 5.74) is 2.13. The van der Waals surface area contributed by atoms with E-state index in [1.165, 1.54) is 0 Å². The minimum Gasteiger partial charge on any atom is -0.309 e. The molecule has 0 N–H and O–H groups in total. The van der Waals surface area contributed by atoms with Crippen molar-refractivity contribution < 1.29 is 8.42 Å². The van der Waals surface area contributed by atoms with Gasteiger partial charge in [-0.05, 0) is 34.0 Å². The van der Waals surface area contributed by atoms with Gasteiger partial charge in [0.1, 0.15) is 4.90 Å². The first kappa shape index (κ1) is 18.1. The molecular formula is C16H26N6O2S. The van der Waals surface area contributed by atoms with Gasteiger partial charge in [-0.25, -0.2) is 8.42 Å². The molecule has 0 aromatic carbocycles. The van der Waals surface area contributed by atoms with Gasteiger partial charge in [-0.2, -0.15) is 14.5 Å². The van der Waals surface area contributed by atoms with Gasteiger partial charge in [0.15, 0.2) is 0 Å². The third kappa shape index (κ3) is 3.36. The Labute approximate surface area is 149 Å². The van der Waals surface area contributed by atoms with Crippen molar-refractivity contribution in [1.82, 2.24) is 28.8 Å². The molecule has 1 aliphatic heterocycles. The molecule has 2 aromatic rings. The molecule has 9 heteroatoms. The summed E-state index contributed by atoms with van der Waals surface area (Å²) in [4.78, 5) is 2.41. The Morgan fingerprint density at radius 2 is 2.00 bits per heavy atom. The maximum Gasteiger partial charge on any atom is 0.247 e. The lowest BCUT2D eigenvalue weighted by Crippen LogP contribution is -2.37. The van der Waals surface area contributed by atoms with Crippen LogP contribution in [0.25, 0.3) is 0 Å². The van der Waals surface area contributed by atoms with E-state index in [1.54, 1.807) is 36.1 Å². The summed E-state index contributed by atoms with van der Waals surface area (Å²) in [5, 5.41) is 8.64. The molecule has 8 nitrogen and oxygen atoms in total. The summed E-state index contributed by atoms with van der Waals surface area (Å²) in [7, 11) is 2.15. The van der Waals surface area contributed by atoms with E-state index in [0.717, 1.165) is 18.8 Å². The van der Waals surface area contributed by atoms with Gasteiger partial charge in [-0.3, -0.25) is 9.36 Å². The quantitative estimate of drug-likeness (QED) is 0.793. The second kappa shape index (κ2) is 6.54. The molecular weight excluding hydrogens is 340 g/mol. The molecule has 3 rings (SSSR count). The smallest absolute Gasteiger partial charge is 0.247 e. The van der Waals surface area contributed by atoms with Crippen molar-refractivity contribution in [2.45, 2.75) is 31.8 Å². The van der Waals surface area contributed by atoms with E-state index >= 15 is 0 Å². The van der Waals surface area contributed by atoms with Crippen LogP contribution in [-0.4, -0.2) is 64.4 Å². The van der Waals surface area contributed by atoms with Crippen LogP contribution < -0.4 is 0 Å². The Balaban J connectivity index is 2.02. The van der Waals surface area contributed by atoms with Crippen LogP contribution in [0, 0.1) is 19.8 Å². The summed E-state index contributed by atoms with van der Waals surface area (Å²) in [5.74, 6) is 0.170. The molecule has 0 radical (unpaired) electrons. The Bertz CT molecular complexity index is 867. The third-order valence-electron chi connectivity index (χ3n) is 4.70. The minimum absolute atomic E-state index is 0.170. The highest BCUT2D eigenvalue weighted by Crippen LogP contribution is 2.27. The molecule has 2 aromatic heterocycles. The maximum atomic E-state index is 13.4. The van der Waals surface area contributed by atoms with Crippen LogP contribution in [0.4, 0.5) is 0 Å². The average Bonchev–Trinajstić information content (AvgIpc) is 2.97. The zero-order chi connectivity index (χ0) is 18.4. The Kier molecular flexibility index (Phi) is 4.74. The number of aryl methyl sites for hydroxylation is 2. The van der Waals surface area contributed by atoms with Gasteiger partial charge < -0.3 is 4.90 Å². The predicted octanol–water partition coefficient (Wildman–Crippen LogP) is 0.616. The van der Waals surface area contributed by atoms with Gasteiger partial charge in [0, 0.05) is 38.8 Å². The molecule has 0 aliphatic carbocycles. The van der Waals surface area contributed by atoms with Crippen molar-refractivity contribution in [3.05, 3.63) is 29.3 Å². The SMILES string of the molecule is Cc1nn(C)c(C)c1S(=O)(=O)N1Cc2ccnn2C[C@H](CN(C)C)C1. The zero-order valence-corrected chi connectivity index (χ0v) is 16.3. The van der Waals surface area contributed by atoms with E-state index < -0.39 is 10.0 Å². The summed E-state index contributed by atoms with van der Waals surface area (Å²) in [6.07, 6.45) is 1.73. The summed E-state index contributed by atoms with van der Waals surface area (Å²) >= 11 is 0. The molecule has 0 fully saturated rings. The number of hydrogen-bond donors (Lipinski definition) is 0. The lowest BCUT2D eigenvalue weighted by Gasteiger charge is -2.25. The zero-order valence-electron chi connectivity index (χ0n) is 15.5. The standard InChI is InChI=1S/C16H26N6O2S/c1-12-16(13(2)20(5)18-12)25(23,24)21-9-14(8-19(3)4)10-22-15(11-21)6-7-17-22/h6-7,14H,8-11H2,1-5H3/t14-/m1/s1. The molecule has 0 saturated heterocycles. The van der Waals surface area contributed by atoms with Gasteiger partial charge in [-0.15, -0.1) is 0 Å². The Morgan fingerprint density at radius 1 is 1.28 bits per heavy atom. The predicted molar refractivity (Wildman–Crippen MR) is 94.5 cm³/mol. The maximum absolute atomic E-state index is 13.4. The number of rotatable bonds is 4. The number of hydrogen-bond acceptors (Lipinski definition) is 5. The van der Waals surface area contributed by atoms with Crippen LogP contribution in [0.15, 0.2) is 17.2 Å². The molecule has 1 aliphatic rings. The molecule has 25 heavy (non-hydrogen) atoms. The molecule has 0 saturated carbocycles. The molecule has 3 heterocycles. The van der Waals surface area contributed by atoms with Crippen molar-refractivity contribution in [2.75, 3.05) is 27.2 Å². The van der Waals surface area contributed by atoms with Crippen molar-refractivity contribution in [2.24, 2.45) is 13.0 Å². The van der Waals surface area contributed by atoms with Gasteiger partial charge >= 0.3 is 0 Å². The largest absolute Gasteiger partial charge is 0.309 e. The molecule has 0 bridgehead atoms. The lowest BCUT2D eigenvalue weighted by atomic mass is 10.1. The monoisotopic (exact) mass is 366 g/mol. The van der Waals surface area contributed by atoms with E-state index in [1.807, 2.05) is 24.8 Å². The van der Waals surface area contributed by atoms with Gasteiger partial charge in [-0.1, -0.05) is 0 Å². The Morgan fingerprint density at radius 3 is 2.60 bits per heavy atom. The topological polar surface area (TPSA) is 76.3 Å². The van der Waals surface area contributed by atoms with Crippen LogP contribution in [0.3, 0.4) is 0 Å².